The normalized spacial score (nSPS) is 18.3. The Hall–Kier alpha value is -4.22. The van der Waals surface area contributed by atoms with Gasteiger partial charge >= 0.3 is 0 Å². The van der Waals surface area contributed by atoms with Crippen LogP contribution in [-0.2, 0) is 16.3 Å². The molecule has 0 amide bonds. The van der Waals surface area contributed by atoms with E-state index in [1.165, 1.54) is 4.57 Å². The van der Waals surface area contributed by atoms with E-state index in [-0.39, 0.29) is 11.3 Å². The molecule has 0 spiro atoms. The Morgan fingerprint density at radius 1 is 1.07 bits per heavy atom. The van der Waals surface area contributed by atoms with Crippen molar-refractivity contribution in [3.05, 3.63) is 88.9 Å². The Labute approximate surface area is 245 Å². The molecule has 2 aliphatic rings. The lowest BCUT2D eigenvalue weighted by atomic mass is 10.0. The molecule has 218 valence electrons. The zero-order valence-corrected chi connectivity index (χ0v) is 24.6. The van der Waals surface area contributed by atoms with Crippen LogP contribution in [0.15, 0.2) is 77.1 Å². The number of hydrogen-bond acceptors (Lipinski definition) is 9. The van der Waals surface area contributed by atoms with Crippen LogP contribution < -0.4 is 21.5 Å². The SMILES string of the molecule is C=C(c1cc2cnc(Nc3ccc(NC4CCNCC4)cc3)nc2n(C2Cc3ccccc3S(=O)(=O)C2)c1=O)N(C)C. The van der Waals surface area contributed by atoms with Gasteiger partial charge in [0.1, 0.15) is 5.65 Å². The fraction of sp³-hybridized carbons (Fsp3) is 0.323. The summed E-state index contributed by atoms with van der Waals surface area (Å²) in [6.45, 7) is 6.13. The van der Waals surface area contributed by atoms with E-state index >= 15 is 0 Å². The van der Waals surface area contributed by atoms with Gasteiger partial charge in [-0.3, -0.25) is 9.36 Å². The maximum atomic E-state index is 14.0. The molecule has 11 heteroatoms. The van der Waals surface area contributed by atoms with Crippen LogP contribution in [0.1, 0.15) is 30.0 Å². The second-order valence-corrected chi connectivity index (χ2v) is 13.2. The monoisotopic (exact) mass is 585 g/mol. The molecule has 2 aromatic carbocycles. The van der Waals surface area contributed by atoms with Gasteiger partial charge in [0.05, 0.1) is 22.3 Å². The summed E-state index contributed by atoms with van der Waals surface area (Å²) >= 11 is 0. The Morgan fingerprint density at radius 2 is 1.79 bits per heavy atom. The van der Waals surface area contributed by atoms with Crippen LogP contribution in [0, 0.1) is 0 Å². The number of fused-ring (bicyclic) bond motifs is 2. The highest BCUT2D eigenvalue weighted by atomic mass is 32.2. The molecule has 0 bridgehead atoms. The fourth-order valence-corrected chi connectivity index (χ4v) is 7.53. The Bertz CT molecular complexity index is 1810. The van der Waals surface area contributed by atoms with Gasteiger partial charge in [0, 0.05) is 48.8 Å². The molecule has 2 aliphatic heterocycles. The zero-order valence-electron chi connectivity index (χ0n) is 23.8. The third-order valence-corrected chi connectivity index (χ3v) is 9.91. The fourth-order valence-electron chi connectivity index (χ4n) is 5.75. The predicted octanol–water partition coefficient (Wildman–Crippen LogP) is 3.80. The molecular weight excluding hydrogens is 550 g/mol. The molecule has 3 N–H and O–H groups in total. The van der Waals surface area contributed by atoms with Crippen LogP contribution >= 0.6 is 0 Å². The van der Waals surface area contributed by atoms with Crippen LogP contribution in [0.5, 0.6) is 0 Å². The van der Waals surface area contributed by atoms with Gasteiger partial charge in [0.25, 0.3) is 5.56 Å². The number of sulfone groups is 1. The van der Waals surface area contributed by atoms with E-state index in [2.05, 4.69) is 27.5 Å². The van der Waals surface area contributed by atoms with Gasteiger partial charge in [0.2, 0.25) is 5.95 Å². The molecule has 1 atom stereocenters. The van der Waals surface area contributed by atoms with Gasteiger partial charge in [-0.05, 0) is 74.3 Å². The first-order chi connectivity index (χ1) is 20.2. The summed E-state index contributed by atoms with van der Waals surface area (Å²) in [7, 11) is 0.0187. The summed E-state index contributed by atoms with van der Waals surface area (Å²) in [6.07, 6.45) is 4.22. The third kappa shape index (κ3) is 5.49. The van der Waals surface area contributed by atoms with Gasteiger partial charge in [0.15, 0.2) is 9.84 Å². The van der Waals surface area contributed by atoms with Crippen molar-refractivity contribution in [1.29, 1.82) is 0 Å². The summed E-state index contributed by atoms with van der Waals surface area (Å²) in [6, 6.07) is 16.5. The van der Waals surface area contributed by atoms with Crippen LogP contribution in [-0.4, -0.2) is 66.8 Å². The molecule has 42 heavy (non-hydrogen) atoms. The van der Waals surface area contributed by atoms with Gasteiger partial charge in [-0.1, -0.05) is 24.8 Å². The molecule has 4 heterocycles. The van der Waals surface area contributed by atoms with Crippen molar-refractivity contribution in [2.45, 2.75) is 36.2 Å². The van der Waals surface area contributed by atoms with E-state index in [4.69, 9.17) is 4.98 Å². The molecule has 4 aromatic rings. The van der Waals surface area contributed by atoms with Gasteiger partial charge in [-0.25, -0.2) is 13.4 Å². The molecule has 1 unspecified atom stereocenters. The minimum absolute atomic E-state index is 0.199. The van der Waals surface area contributed by atoms with Gasteiger partial charge in [-0.15, -0.1) is 0 Å². The number of benzene rings is 2. The topological polar surface area (TPSA) is 121 Å². The first-order valence-electron chi connectivity index (χ1n) is 14.1. The van der Waals surface area contributed by atoms with E-state index in [0.717, 1.165) is 37.3 Å². The average molecular weight is 586 g/mol. The highest BCUT2D eigenvalue weighted by Crippen LogP contribution is 2.32. The molecule has 6 rings (SSSR count). The average Bonchev–Trinajstić information content (AvgIpc) is 2.97. The summed E-state index contributed by atoms with van der Waals surface area (Å²) < 4.78 is 28.1. The number of rotatable bonds is 7. The number of nitrogens with zero attached hydrogens (tertiary/aromatic N) is 4. The van der Waals surface area contributed by atoms with E-state index in [1.54, 1.807) is 35.4 Å². The van der Waals surface area contributed by atoms with Crippen molar-refractivity contribution in [3.8, 4) is 0 Å². The molecule has 2 aromatic heterocycles. The van der Waals surface area contributed by atoms with Gasteiger partial charge in [-0.2, -0.15) is 4.98 Å². The highest BCUT2D eigenvalue weighted by Gasteiger charge is 2.33. The number of anilines is 3. The zero-order chi connectivity index (χ0) is 29.4. The van der Waals surface area contributed by atoms with Crippen LogP contribution in [0.4, 0.5) is 17.3 Å². The molecule has 1 saturated heterocycles. The van der Waals surface area contributed by atoms with Gasteiger partial charge < -0.3 is 20.9 Å². The summed E-state index contributed by atoms with van der Waals surface area (Å²) in [5, 5.41) is 10.8. The molecule has 1 fully saturated rings. The van der Waals surface area contributed by atoms with E-state index < -0.39 is 15.9 Å². The molecular formula is C31H35N7O3S. The number of aromatic nitrogens is 3. The largest absolute Gasteiger partial charge is 0.382 e. The van der Waals surface area contributed by atoms with E-state index in [9.17, 15) is 13.2 Å². The lowest BCUT2D eigenvalue weighted by Crippen LogP contribution is -2.36. The third-order valence-electron chi connectivity index (χ3n) is 8.02. The lowest BCUT2D eigenvalue weighted by Gasteiger charge is -2.28. The summed E-state index contributed by atoms with van der Waals surface area (Å²) in [4.78, 5) is 25.4. The van der Waals surface area contributed by atoms with Crippen LogP contribution in [0.3, 0.4) is 0 Å². The maximum Gasteiger partial charge on any atom is 0.261 e. The lowest BCUT2D eigenvalue weighted by molar-refractivity contribution is 0.479. The molecule has 0 saturated carbocycles. The van der Waals surface area contributed by atoms with Crippen molar-refractivity contribution >= 4 is 43.9 Å². The Kier molecular flexibility index (Phi) is 7.46. The molecule has 0 radical (unpaired) electrons. The second kappa shape index (κ2) is 11.2. The Balaban J connectivity index is 1.37. The number of piperidine rings is 1. The molecule has 0 aliphatic carbocycles. The maximum absolute atomic E-state index is 14.0. The Morgan fingerprint density at radius 3 is 2.52 bits per heavy atom. The first kappa shape index (κ1) is 27.9. The van der Waals surface area contributed by atoms with Crippen LogP contribution in [0.2, 0.25) is 0 Å². The predicted molar refractivity (Wildman–Crippen MR) is 167 cm³/mol. The van der Waals surface area contributed by atoms with Crippen molar-refractivity contribution in [2.24, 2.45) is 0 Å². The summed E-state index contributed by atoms with van der Waals surface area (Å²) in [5.74, 6) is 0.114. The summed E-state index contributed by atoms with van der Waals surface area (Å²) in [5.41, 5.74) is 3.48. The number of nitrogens with one attached hydrogen (secondary N) is 3. The smallest absolute Gasteiger partial charge is 0.261 e. The van der Waals surface area contributed by atoms with E-state index in [0.29, 0.717) is 51.2 Å². The highest BCUT2D eigenvalue weighted by molar-refractivity contribution is 7.91. The standard InChI is InChI=1S/C31H35N7O3S/c1-20(37(2)3)27-17-22-18-33-31(35-24-10-8-23(9-11-24)34-25-12-14-32-15-13-25)36-29(22)38(30(27)39)26-16-21-6-4-5-7-28(21)42(40,41)19-26/h4-11,17-18,25-26,32,34H,1,12-16,19H2,2-3H3,(H,33,35,36). The second-order valence-electron chi connectivity index (χ2n) is 11.2. The van der Waals surface area contributed by atoms with Crippen molar-refractivity contribution in [2.75, 3.05) is 43.6 Å². The quantitative estimate of drug-likeness (QED) is 0.297. The van der Waals surface area contributed by atoms with Crippen molar-refractivity contribution in [1.82, 2.24) is 24.8 Å². The van der Waals surface area contributed by atoms with E-state index in [1.807, 2.05) is 44.4 Å². The number of hydrogen-bond donors (Lipinski definition) is 3. The minimum atomic E-state index is -3.61. The van der Waals surface area contributed by atoms with Crippen LogP contribution in [0.25, 0.3) is 16.7 Å². The van der Waals surface area contributed by atoms with Crippen molar-refractivity contribution < 1.29 is 8.42 Å². The van der Waals surface area contributed by atoms with Crippen molar-refractivity contribution in [3.63, 3.8) is 0 Å². The minimum Gasteiger partial charge on any atom is -0.382 e. The number of pyridine rings is 1. The molecule has 10 nitrogen and oxygen atoms in total. The first-order valence-corrected chi connectivity index (χ1v) is 15.8.